The van der Waals surface area contributed by atoms with Crippen LogP contribution in [0.15, 0.2) is 24.3 Å². The van der Waals surface area contributed by atoms with Crippen LogP contribution in [-0.2, 0) is 74.9 Å². The molecule has 0 rings (SSSR count). The number of allylic oxidation sites excluding steroid dienone is 4. The average Bonchev–Trinajstić information content (AvgIpc) is 0.894. The summed E-state index contributed by atoms with van der Waals surface area (Å²) in [7, 11) is -9.57. The predicted octanol–water partition coefficient (Wildman–Crippen LogP) is 21.4. The van der Waals surface area contributed by atoms with Crippen LogP contribution in [0.3, 0.4) is 0 Å². The van der Waals surface area contributed by atoms with Crippen LogP contribution in [0.1, 0.15) is 408 Å². The van der Waals surface area contributed by atoms with Gasteiger partial charge in [0.25, 0.3) is 0 Å². The van der Waals surface area contributed by atoms with Crippen LogP contribution in [0.4, 0.5) is 0 Å². The highest BCUT2D eigenvalue weighted by atomic mass is 31.2. The van der Waals surface area contributed by atoms with Gasteiger partial charge in [0.05, 0.1) is 64.9 Å². The monoisotopic (exact) mass is 1660 g/mol. The first kappa shape index (κ1) is 110. The second-order valence-electron chi connectivity index (χ2n) is 31.5. The van der Waals surface area contributed by atoms with Crippen LogP contribution < -0.4 is 27.0 Å². The van der Waals surface area contributed by atoms with E-state index in [4.69, 9.17) is 42.8 Å². The standard InChI is InChI=1S/C89H171N5O18P2/c1-7-13-19-25-29-33-35-39-41-47-53-62-84(95)93-79(75-105-71-66-81(59-51-45-23-17-11-5)111-86(97)64-55-49-43-37-31-27-21-15-9-3)77-109-113(101,102)107-73-69-91-88(99)83(61-57-58-68-90)89(100)92-70-74-108-114(103,104)110-78-80(94-85(96)63-54-48-42-40-36-34-30-26-20-14-8-2)76-106-72-67-82(60-52-46-24-18-12-6)112-87(98)65-56-50-44-38-32-28-22-16-10-4/h37-38,43-44,79-83H,7-36,39-42,45-78,90H2,1-6H3,(H,91,99)(H,92,100)(H,93,95)(H,94,96)(H,101,102)(H,103,104)/t79?,80?,81-,82-,83?/m1/s1. The molecule has 0 radical (unpaired) electrons. The summed E-state index contributed by atoms with van der Waals surface area (Å²) in [6.45, 7) is 11.3. The van der Waals surface area contributed by atoms with Crippen LogP contribution in [0.25, 0.3) is 0 Å². The van der Waals surface area contributed by atoms with Gasteiger partial charge < -0.3 is 55.7 Å². The number of hydrogen-bond donors (Lipinski definition) is 7. The molecule has 0 aromatic rings. The van der Waals surface area contributed by atoms with E-state index in [1.807, 2.05) is 0 Å². The minimum absolute atomic E-state index is 0.0618. The maximum absolute atomic E-state index is 13.6. The van der Waals surface area contributed by atoms with Gasteiger partial charge in [-0.2, -0.15) is 0 Å². The van der Waals surface area contributed by atoms with Gasteiger partial charge in [0, 0.05) is 51.6 Å². The Hall–Kier alpha value is -3.60. The molecule has 4 unspecified atom stereocenters. The average molecular weight is 1660 g/mol. The molecule has 0 heterocycles. The summed E-state index contributed by atoms with van der Waals surface area (Å²) in [5.74, 6) is -3.64. The SMILES string of the molecule is CCCCCCC=CCCCC(=O)O[C@H](CCCCCCC)CCOCC(COP(=O)(O)OCCNC(=O)C(CCCCN)C(=O)NCCOP(=O)(O)OCC(COCC[C@@H](CCCCCCC)OC(=O)CCCC=CCCCCCC)NC(=O)CCCCCCCCCCCCC)NC(=O)CCCCCCCCCCCCC. The fourth-order valence-electron chi connectivity index (χ4n) is 13.4. The molecule has 0 aromatic heterocycles. The summed E-state index contributed by atoms with van der Waals surface area (Å²) < 4.78 is 72.4. The molecule has 23 nitrogen and oxygen atoms in total. The van der Waals surface area contributed by atoms with Gasteiger partial charge in [0.15, 0.2) is 0 Å². The van der Waals surface area contributed by atoms with Gasteiger partial charge in [0.1, 0.15) is 18.1 Å². The number of ether oxygens (including phenoxy) is 4. The molecule has 6 atom stereocenters. The smallest absolute Gasteiger partial charge is 0.462 e. The van der Waals surface area contributed by atoms with Crippen molar-refractivity contribution < 1.29 is 84.7 Å². The highest BCUT2D eigenvalue weighted by molar-refractivity contribution is 7.47. The van der Waals surface area contributed by atoms with Crippen molar-refractivity contribution in [3.05, 3.63) is 24.3 Å². The van der Waals surface area contributed by atoms with Gasteiger partial charge in [-0.05, 0) is 109 Å². The maximum atomic E-state index is 13.6. The fourth-order valence-corrected chi connectivity index (χ4v) is 14.9. The molecular formula is C89H171N5O18P2. The number of unbranched alkanes of at least 4 members (excludes halogenated alkanes) is 39. The molecule has 0 spiro atoms. The van der Waals surface area contributed by atoms with E-state index in [-0.39, 0.29) is 94.7 Å². The van der Waals surface area contributed by atoms with Crippen LogP contribution in [0, 0.1) is 5.92 Å². The Bertz CT molecular complexity index is 2270. The number of hydrogen-bond acceptors (Lipinski definition) is 17. The Labute approximate surface area is 694 Å². The van der Waals surface area contributed by atoms with Crippen molar-refractivity contribution in [2.45, 2.75) is 432 Å². The second kappa shape index (κ2) is 81.7. The fraction of sp³-hybridized carbons (Fsp3) is 0.888. The van der Waals surface area contributed by atoms with E-state index in [1.165, 1.54) is 141 Å². The first-order valence-electron chi connectivity index (χ1n) is 46.3. The number of phosphoric acid groups is 2. The van der Waals surface area contributed by atoms with Crippen LogP contribution in [-0.4, -0.2) is 142 Å². The first-order valence-corrected chi connectivity index (χ1v) is 49.3. The molecule has 0 aliphatic carbocycles. The van der Waals surface area contributed by atoms with Crippen LogP contribution in [0.5, 0.6) is 0 Å². The van der Waals surface area contributed by atoms with Crippen LogP contribution >= 0.6 is 15.6 Å². The zero-order chi connectivity index (χ0) is 83.7. The molecule has 0 aliphatic rings. The Morgan fingerprint density at radius 2 is 0.632 bits per heavy atom. The van der Waals surface area contributed by atoms with E-state index in [1.54, 1.807) is 0 Å². The molecule has 0 bridgehead atoms. The van der Waals surface area contributed by atoms with Gasteiger partial charge in [-0.15, -0.1) is 0 Å². The number of phosphoric ester groups is 2. The third-order valence-corrected chi connectivity index (χ3v) is 22.4. The first-order chi connectivity index (χ1) is 55.4. The Morgan fingerprint density at radius 1 is 0.333 bits per heavy atom. The van der Waals surface area contributed by atoms with E-state index < -0.39 is 71.9 Å². The van der Waals surface area contributed by atoms with Crippen molar-refractivity contribution in [3.63, 3.8) is 0 Å². The van der Waals surface area contributed by atoms with Gasteiger partial charge in [0.2, 0.25) is 23.6 Å². The van der Waals surface area contributed by atoms with Crippen molar-refractivity contribution >= 4 is 51.2 Å². The molecule has 114 heavy (non-hydrogen) atoms. The van der Waals surface area contributed by atoms with Crippen molar-refractivity contribution in [3.8, 4) is 0 Å². The largest absolute Gasteiger partial charge is 0.472 e. The maximum Gasteiger partial charge on any atom is 0.472 e. The Balaban J connectivity index is 5.90. The number of rotatable bonds is 88. The van der Waals surface area contributed by atoms with Crippen molar-refractivity contribution in [2.75, 3.05) is 72.5 Å². The number of esters is 2. The highest BCUT2D eigenvalue weighted by Gasteiger charge is 2.30. The molecule has 0 saturated heterocycles. The van der Waals surface area contributed by atoms with Gasteiger partial charge >= 0.3 is 27.6 Å². The zero-order valence-electron chi connectivity index (χ0n) is 73.2. The van der Waals surface area contributed by atoms with Crippen molar-refractivity contribution in [1.29, 1.82) is 0 Å². The number of carbonyl (C=O) groups excluding carboxylic acids is 6. The molecule has 0 saturated carbocycles. The summed E-state index contributed by atoms with van der Waals surface area (Å²) in [6, 6.07) is -1.68. The topological polar surface area (TPSA) is 325 Å². The van der Waals surface area contributed by atoms with Crippen molar-refractivity contribution in [2.24, 2.45) is 11.7 Å². The molecule has 670 valence electrons. The number of nitrogens with one attached hydrogen (secondary N) is 4. The number of carbonyl (C=O) groups is 6. The van der Waals surface area contributed by atoms with E-state index in [2.05, 4.69) is 87.1 Å². The van der Waals surface area contributed by atoms with Gasteiger partial charge in [-0.3, -0.25) is 46.9 Å². The van der Waals surface area contributed by atoms with Gasteiger partial charge in [-0.1, -0.05) is 291 Å². The molecule has 0 fully saturated rings. The summed E-state index contributed by atoms with van der Waals surface area (Å²) in [5, 5.41) is 11.0. The van der Waals surface area contributed by atoms with Crippen LogP contribution in [0.2, 0.25) is 0 Å². The lowest BCUT2D eigenvalue weighted by Gasteiger charge is -2.22. The molecule has 8 N–H and O–H groups in total. The third-order valence-electron chi connectivity index (χ3n) is 20.5. The summed E-state index contributed by atoms with van der Waals surface area (Å²) in [6.07, 6.45) is 62.8. The lowest BCUT2D eigenvalue weighted by Crippen LogP contribution is -2.43. The Morgan fingerprint density at radius 3 is 0.965 bits per heavy atom. The quantitative estimate of drug-likeness (QED) is 0.00978. The normalized spacial score (nSPS) is 14.1. The van der Waals surface area contributed by atoms with Crippen molar-refractivity contribution in [1.82, 2.24) is 21.3 Å². The third kappa shape index (κ3) is 74.7. The minimum Gasteiger partial charge on any atom is -0.462 e. The van der Waals surface area contributed by atoms with E-state index in [0.29, 0.717) is 83.6 Å². The lowest BCUT2D eigenvalue weighted by atomic mass is 10.00. The minimum atomic E-state index is -4.79. The molecule has 0 aliphatic heterocycles. The number of nitrogens with two attached hydrogens (primary N) is 1. The van der Waals surface area contributed by atoms with E-state index in [9.17, 15) is 47.7 Å². The predicted molar refractivity (Wildman–Crippen MR) is 463 cm³/mol. The summed E-state index contributed by atoms with van der Waals surface area (Å²) >= 11 is 0. The summed E-state index contributed by atoms with van der Waals surface area (Å²) in [5.41, 5.74) is 5.77. The second-order valence-corrected chi connectivity index (χ2v) is 34.4. The molecule has 4 amide bonds. The zero-order valence-corrected chi connectivity index (χ0v) is 75.0. The molecule has 0 aromatic carbocycles. The van der Waals surface area contributed by atoms with E-state index >= 15 is 0 Å². The van der Waals surface area contributed by atoms with Gasteiger partial charge in [-0.25, -0.2) is 9.13 Å². The Kier molecular flexibility index (Phi) is 79.2. The molecular weight excluding hydrogens is 1490 g/mol. The summed E-state index contributed by atoms with van der Waals surface area (Å²) in [4.78, 5) is 102. The lowest BCUT2D eigenvalue weighted by molar-refractivity contribution is -0.151. The number of amides is 4. The molecule has 25 heteroatoms. The highest BCUT2D eigenvalue weighted by Crippen LogP contribution is 2.44. The van der Waals surface area contributed by atoms with E-state index in [0.717, 1.165) is 128 Å².